The summed E-state index contributed by atoms with van der Waals surface area (Å²) in [5.74, 6) is 4.24. The Morgan fingerprint density at radius 1 is 1.30 bits per heavy atom. The minimum absolute atomic E-state index is 0.381. The Bertz CT molecular complexity index is 882. The van der Waals surface area contributed by atoms with Gasteiger partial charge in [-0.25, -0.2) is 9.97 Å². The van der Waals surface area contributed by atoms with E-state index in [1.807, 2.05) is 24.3 Å². The zero-order valence-electron chi connectivity index (χ0n) is 15.4. The number of hydrogen-bond acceptors (Lipinski definition) is 7. The second kappa shape index (κ2) is 7.89. The number of para-hydroxylation sites is 1. The molecule has 8 nitrogen and oxygen atoms in total. The molecule has 0 radical (unpaired) electrons. The SMILES string of the molecule is COc1ccccc1-c1cnc(CN2CCC(c3n[nH]c(CN)n3)CC2)o1. The predicted octanol–water partition coefficient (Wildman–Crippen LogP) is 2.31. The molecule has 1 saturated heterocycles. The Kier molecular flexibility index (Phi) is 5.17. The van der Waals surface area contributed by atoms with Crippen molar-refractivity contribution in [3.8, 4) is 17.1 Å². The average Bonchev–Trinajstić information content (AvgIpc) is 3.38. The van der Waals surface area contributed by atoms with E-state index in [-0.39, 0.29) is 0 Å². The smallest absolute Gasteiger partial charge is 0.209 e. The first-order chi connectivity index (χ1) is 13.3. The summed E-state index contributed by atoms with van der Waals surface area (Å²) in [5, 5.41) is 7.19. The first-order valence-electron chi connectivity index (χ1n) is 9.18. The van der Waals surface area contributed by atoms with E-state index in [0.717, 1.165) is 60.5 Å². The molecule has 0 aliphatic carbocycles. The van der Waals surface area contributed by atoms with Gasteiger partial charge in [-0.1, -0.05) is 12.1 Å². The van der Waals surface area contributed by atoms with Gasteiger partial charge in [0.2, 0.25) is 5.89 Å². The molecule has 3 N–H and O–H groups in total. The molecule has 1 aromatic carbocycles. The van der Waals surface area contributed by atoms with Gasteiger partial charge in [-0.15, -0.1) is 0 Å². The van der Waals surface area contributed by atoms with Crippen molar-refractivity contribution in [3.63, 3.8) is 0 Å². The molecule has 1 aliphatic rings. The van der Waals surface area contributed by atoms with Crippen LogP contribution in [0.1, 0.15) is 36.3 Å². The van der Waals surface area contributed by atoms with Crippen LogP contribution in [0.3, 0.4) is 0 Å². The third kappa shape index (κ3) is 3.86. The van der Waals surface area contributed by atoms with E-state index in [0.29, 0.717) is 19.0 Å². The number of ether oxygens (including phenoxy) is 1. The monoisotopic (exact) mass is 368 g/mol. The molecule has 0 unspecified atom stereocenters. The normalized spacial score (nSPS) is 15.9. The molecule has 27 heavy (non-hydrogen) atoms. The fraction of sp³-hybridized carbons (Fsp3) is 0.421. The maximum absolute atomic E-state index is 5.97. The Morgan fingerprint density at radius 2 is 2.11 bits per heavy atom. The summed E-state index contributed by atoms with van der Waals surface area (Å²) >= 11 is 0. The number of nitrogens with one attached hydrogen (secondary N) is 1. The van der Waals surface area contributed by atoms with Crippen LogP contribution in [0.2, 0.25) is 0 Å². The number of piperidine rings is 1. The lowest BCUT2D eigenvalue weighted by Gasteiger charge is -2.29. The molecular weight excluding hydrogens is 344 g/mol. The fourth-order valence-corrected chi connectivity index (χ4v) is 3.48. The molecule has 4 rings (SSSR count). The quantitative estimate of drug-likeness (QED) is 0.687. The summed E-state index contributed by atoms with van der Waals surface area (Å²) in [6.45, 7) is 3.02. The first-order valence-corrected chi connectivity index (χ1v) is 9.18. The molecule has 0 bridgehead atoms. The number of aromatic amines is 1. The van der Waals surface area contributed by atoms with E-state index in [1.165, 1.54) is 0 Å². The predicted molar refractivity (Wildman–Crippen MR) is 100 cm³/mol. The van der Waals surface area contributed by atoms with Gasteiger partial charge >= 0.3 is 0 Å². The molecule has 0 saturated carbocycles. The van der Waals surface area contributed by atoms with Gasteiger partial charge in [0.25, 0.3) is 0 Å². The number of nitrogens with two attached hydrogens (primary N) is 1. The highest BCUT2D eigenvalue weighted by Crippen LogP contribution is 2.31. The number of nitrogens with zero attached hydrogens (tertiary/aromatic N) is 4. The van der Waals surface area contributed by atoms with Gasteiger partial charge in [-0.05, 0) is 38.1 Å². The van der Waals surface area contributed by atoms with Crippen molar-refractivity contribution in [1.29, 1.82) is 0 Å². The molecule has 3 heterocycles. The van der Waals surface area contributed by atoms with Crippen LogP contribution in [0.25, 0.3) is 11.3 Å². The van der Waals surface area contributed by atoms with Crippen molar-refractivity contribution >= 4 is 0 Å². The molecule has 3 aromatic rings. The molecular formula is C19H24N6O2. The van der Waals surface area contributed by atoms with Crippen molar-refractivity contribution in [3.05, 3.63) is 48.0 Å². The Hall–Kier alpha value is -2.71. The summed E-state index contributed by atoms with van der Waals surface area (Å²) in [6.07, 6.45) is 3.80. The third-order valence-electron chi connectivity index (χ3n) is 4.98. The van der Waals surface area contributed by atoms with E-state index in [1.54, 1.807) is 13.3 Å². The van der Waals surface area contributed by atoms with Crippen LogP contribution in [-0.4, -0.2) is 45.3 Å². The van der Waals surface area contributed by atoms with Crippen molar-refractivity contribution in [2.75, 3.05) is 20.2 Å². The molecule has 0 spiro atoms. The number of rotatable bonds is 6. The lowest BCUT2D eigenvalue weighted by atomic mass is 9.96. The van der Waals surface area contributed by atoms with Gasteiger partial charge in [0.1, 0.15) is 11.6 Å². The van der Waals surface area contributed by atoms with Crippen LogP contribution in [0.15, 0.2) is 34.9 Å². The largest absolute Gasteiger partial charge is 0.496 e. The highest BCUT2D eigenvalue weighted by atomic mass is 16.5. The minimum atomic E-state index is 0.381. The van der Waals surface area contributed by atoms with Crippen molar-refractivity contribution < 1.29 is 9.15 Å². The lowest BCUT2D eigenvalue weighted by Crippen LogP contribution is -2.32. The van der Waals surface area contributed by atoms with Crippen LogP contribution in [0.5, 0.6) is 5.75 Å². The van der Waals surface area contributed by atoms with Gasteiger partial charge in [0.15, 0.2) is 11.6 Å². The second-order valence-corrected chi connectivity index (χ2v) is 6.71. The van der Waals surface area contributed by atoms with Crippen LogP contribution in [-0.2, 0) is 13.1 Å². The van der Waals surface area contributed by atoms with Crippen LogP contribution < -0.4 is 10.5 Å². The maximum atomic E-state index is 5.97. The number of methoxy groups -OCH3 is 1. The summed E-state index contributed by atoms with van der Waals surface area (Å²) in [5.41, 5.74) is 6.51. The van der Waals surface area contributed by atoms with Gasteiger partial charge in [0.05, 0.1) is 32.0 Å². The van der Waals surface area contributed by atoms with Crippen molar-refractivity contribution in [2.45, 2.75) is 31.8 Å². The molecule has 0 amide bonds. The molecule has 8 heteroatoms. The number of oxazole rings is 1. The molecule has 1 fully saturated rings. The summed E-state index contributed by atoms with van der Waals surface area (Å²) in [4.78, 5) is 11.3. The molecule has 142 valence electrons. The van der Waals surface area contributed by atoms with Gasteiger partial charge in [0, 0.05) is 5.92 Å². The van der Waals surface area contributed by atoms with Crippen molar-refractivity contribution in [2.24, 2.45) is 5.73 Å². The van der Waals surface area contributed by atoms with E-state index in [4.69, 9.17) is 14.9 Å². The number of benzene rings is 1. The molecule has 0 atom stereocenters. The average molecular weight is 368 g/mol. The van der Waals surface area contributed by atoms with Crippen LogP contribution in [0, 0.1) is 0 Å². The number of H-pyrrole nitrogens is 1. The maximum Gasteiger partial charge on any atom is 0.209 e. The number of aromatic nitrogens is 4. The zero-order chi connectivity index (χ0) is 18.6. The standard InChI is InChI=1S/C19H24N6O2/c1-26-15-5-3-2-4-14(15)16-11-21-18(27-16)12-25-8-6-13(7-9-25)19-22-17(10-20)23-24-19/h2-5,11,13H,6-10,12,20H2,1H3,(H,22,23,24). The molecule has 2 aromatic heterocycles. The van der Waals surface area contributed by atoms with E-state index in [2.05, 4.69) is 25.1 Å². The second-order valence-electron chi connectivity index (χ2n) is 6.71. The zero-order valence-corrected chi connectivity index (χ0v) is 15.4. The highest BCUT2D eigenvalue weighted by molar-refractivity contribution is 5.64. The third-order valence-corrected chi connectivity index (χ3v) is 4.98. The number of hydrogen-bond donors (Lipinski definition) is 2. The lowest BCUT2D eigenvalue weighted by molar-refractivity contribution is 0.186. The van der Waals surface area contributed by atoms with Gasteiger partial charge in [-0.2, -0.15) is 5.10 Å². The Balaban J connectivity index is 1.36. The van der Waals surface area contributed by atoms with Crippen LogP contribution in [0.4, 0.5) is 0 Å². The fourth-order valence-electron chi connectivity index (χ4n) is 3.48. The minimum Gasteiger partial charge on any atom is -0.496 e. The van der Waals surface area contributed by atoms with Gasteiger partial charge < -0.3 is 14.9 Å². The first kappa shape index (κ1) is 17.7. The van der Waals surface area contributed by atoms with E-state index < -0.39 is 0 Å². The van der Waals surface area contributed by atoms with E-state index >= 15 is 0 Å². The Morgan fingerprint density at radius 3 is 2.85 bits per heavy atom. The van der Waals surface area contributed by atoms with Crippen LogP contribution >= 0.6 is 0 Å². The summed E-state index contributed by atoms with van der Waals surface area (Å²) in [6, 6.07) is 7.79. The Labute approximate surface area is 157 Å². The summed E-state index contributed by atoms with van der Waals surface area (Å²) in [7, 11) is 1.66. The number of likely N-dealkylation sites (tertiary alicyclic amines) is 1. The summed E-state index contributed by atoms with van der Waals surface area (Å²) < 4.78 is 11.4. The van der Waals surface area contributed by atoms with Gasteiger partial charge in [-0.3, -0.25) is 10.00 Å². The topological polar surface area (TPSA) is 106 Å². The van der Waals surface area contributed by atoms with E-state index in [9.17, 15) is 0 Å². The molecule has 1 aliphatic heterocycles. The van der Waals surface area contributed by atoms with Crippen molar-refractivity contribution in [1.82, 2.24) is 25.1 Å². The highest BCUT2D eigenvalue weighted by Gasteiger charge is 2.24.